The number of rotatable bonds is 6. The van der Waals surface area contributed by atoms with Crippen LogP contribution in [0.2, 0.25) is 0 Å². The summed E-state index contributed by atoms with van der Waals surface area (Å²) < 4.78 is 22.8. The quantitative estimate of drug-likeness (QED) is 0.814. The van der Waals surface area contributed by atoms with Crippen LogP contribution in [0, 0.1) is 0 Å². The van der Waals surface area contributed by atoms with Crippen molar-refractivity contribution >= 4 is 27.1 Å². The van der Waals surface area contributed by atoms with Gasteiger partial charge in [0.15, 0.2) is 9.84 Å². The third-order valence-electron chi connectivity index (χ3n) is 3.20. The Kier molecular flexibility index (Phi) is 5.37. The van der Waals surface area contributed by atoms with Crippen LogP contribution in [0.4, 0.5) is 0 Å². The van der Waals surface area contributed by atoms with Crippen molar-refractivity contribution in [2.45, 2.75) is 19.2 Å². The maximum atomic E-state index is 12.6. The van der Waals surface area contributed by atoms with Crippen molar-refractivity contribution in [2.75, 3.05) is 12.8 Å². The van der Waals surface area contributed by atoms with Gasteiger partial charge < -0.3 is 4.90 Å². The second kappa shape index (κ2) is 7.07. The van der Waals surface area contributed by atoms with Crippen LogP contribution in [0.25, 0.3) is 0 Å². The normalized spacial score (nSPS) is 11.4. The van der Waals surface area contributed by atoms with Gasteiger partial charge in [-0.1, -0.05) is 18.2 Å². The maximum absolute atomic E-state index is 12.6. The SMILES string of the molecule is CCN(Cc1cccs1)C(=O)c1cccc(CS(C)(=O)=O)c1. The van der Waals surface area contributed by atoms with E-state index in [-0.39, 0.29) is 11.7 Å². The smallest absolute Gasteiger partial charge is 0.254 e. The highest BCUT2D eigenvalue weighted by Crippen LogP contribution is 2.16. The molecule has 0 saturated heterocycles. The van der Waals surface area contributed by atoms with Crippen LogP contribution < -0.4 is 0 Å². The van der Waals surface area contributed by atoms with Gasteiger partial charge in [-0.15, -0.1) is 11.3 Å². The number of hydrogen-bond acceptors (Lipinski definition) is 4. The summed E-state index contributed by atoms with van der Waals surface area (Å²) in [6, 6.07) is 10.8. The molecule has 1 aromatic heterocycles. The number of hydrogen-bond donors (Lipinski definition) is 0. The monoisotopic (exact) mass is 337 g/mol. The summed E-state index contributed by atoms with van der Waals surface area (Å²) in [5.74, 6) is -0.128. The van der Waals surface area contributed by atoms with Gasteiger partial charge in [-0.2, -0.15) is 0 Å². The standard InChI is InChI=1S/C16H19NO3S2/c1-3-17(11-15-8-5-9-21-15)16(18)14-7-4-6-13(10-14)12-22(2,19)20/h4-10H,3,11-12H2,1-2H3. The van der Waals surface area contributed by atoms with Crippen molar-refractivity contribution in [3.8, 4) is 0 Å². The van der Waals surface area contributed by atoms with Crippen molar-refractivity contribution in [3.05, 3.63) is 57.8 Å². The van der Waals surface area contributed by atoms with E-state index in [0.717, 1.165) is 4.88 Å². The van der Waals surface area contributed by atoms with Gasteiger partial charge in [-0.3, -0.25) is 4.79 Å². The minimum Gasteiger partial charge on any atom is -0.334 e. The van der Waals surface area contributed by atoms with E-state index in [1.54, 1.807) is 40.5 Å². The van der Waals surface area contributed by atoms with Crippen LogP contribution >= 0.6 is 11.3 Å². The number of benzene rings is 1. The molecule has 4 nitrogen and oxygen atoms in total. The maximum Gasteiger partial charge on any atom is 0.254 e. The summed E-state index contributed by atoms with van der Waals surface area (Å²) >= 11 is 1.62. The first-order chi connectivity index (χ1) is 10.4. The zero-order valence-electron chi connectivity index (χ0n) is 12.7. The van der Waals surface area contributed by atoms with Gasteiger partial charge in [0.25, 0.3) is 5.91 Å². The number of carbonyl (C=O) groups excluding carboxylic acids is 1. The number of nitrogens with zero attached hydrogens (tertiary/aromatic N) is 1. The van der Waals surface area contributed by atoms with Crippen molar-refractivity contribution in [1.82, 2.24) is 4.90 Å². The van der Waals surface area contributed by atoms with Crippen molar-refractivity contribution in [1.29, 1.82) is 0 Å². The Labute approximate surface area is 135 Å². The molecule has 6 heteroatoms. The molecular formula is C16H19NO3S2. The fourth-order valence-corrected chi connectivity index (χ4v) is 3.70. The van der Waals surface area contributed by atoms with Gasteiger partial charge in [0.2, 0.25) is 0 Å². The predicted molar refractivity (Wildman–Crippen MR) is 89.7 cm³/mol. The second-order valence-corrected chi connectivity index (χ2v) is 8.34. The topological polar surface area (TPSA) is 54.5 Å². The molecule has 0 radical (unpaired) electrons. The molecule has 0 aliphatic carbocycles. The Morgan fingerprint density at radius 1 is 1.23 bits per heavy atom. The lowest BCUT2D eigenvalue weighted by Crippen LogP contribution is -2.30. The highest BCUT2D eigenvalue weighted by Gasteiger charge is 2.16. The molecule has 0 bridgehead atoms. The summed E-state index contributed by atoms with van der Waals surface area (Å²) in [6.07, 6.45) is 1.19. The van der Waals surface area contributed by atoms with Gasteiger partial charge in [0.1, 0.15) is 0 Å². The summed E-state index contributed by atoms with van der Waals surface area (Å²) in [5.41, 5.74) is 1.17. The van der Waals surface area contributed by atoms with Crippen LogP contribution in [0.1, 0.15) is 27.7 Å². The first-order valence-electron chi connectivity index (χ1n) is 6.97. The highest BCUT2D eigenvalue weighted by atomic mass is 32.2. The average Bonchev–Trinajstić information content (AvgIpc) is 2.95. The van der Waals surface area contributed by atoms with Gasteiger partial charge in [0, 0.05) is 23.2 Å². The fourth-order valence-electron chi connectivity index (χ4n) is 2.20. The zero-order valence-corrected chi connectivity index (χ0v) is 14.3. The highest BCUT2D eigenvalue weighted by molar-refractivity contribution is 7.89. The average molecular weight is 337 g/mol. The Morgan fingerprint density at radius 3 is 2.59 bits per heavy atom. The third kappa shape index (κ3) is 4.68. The van der Waals surface area contributed by atoms with Crippen LogP contribution in [0.5, 0.6) is 0 Å². The lowest BCUT2D eigenvalue weighted by Gasteiger charge is -2.20. The van der Waals surface area contributed by atoms with E-state index in [1.165, 1.54) is 6.26 Å². The van der Waals surface area contributed by atoms with Crippen molar-refractivity contribution < 1.29 is 13.2 Å². The molecule has 0 atom stereocenters. The van der Waals surface area contributed by atoms with Crippen LogP contribution in [-0.4, -0.2) is 32.0 Å². The predicted octanol–water partition coefficient (Wildman–Crippen LogP) is 2.96. The summed E-state index contributed by atoms with van der Waals surface area (Å²) in [4.78, 5) is 15.5. The molecule has 1 aromatic carbocycles. The van der Waals surface area contributed by atoms with Gasteiger partial charge in [-0.05, 0) is 36.1 Å². The molecular weight excluding hydrogens is 318 g/mol. The summed E-state index contributed by atoms with van der Waals surface area (Å²) in [7, 11) is -3.11. The van der Waals surface area contributed by atoms with Crippen LogP contribution in [0.15, 0.2) is 41.8 Å². The Morgan fingerprint density at radius 2 is 2.00 bits per heavy atom. The first kappa shape index (κ1) is 16.7. The van der Waals surface area contributed by atoms with E-state index in [9.17, 15) is 13.2 Å². The Hall–Kier alpha value is -1.66. The molecule has 1 heterocycles. The van der Waals surface area contributed by atoms with Crippen LogP contribution in [0.3, 0.4) is 0 Å². The summed E-state index contributed by atoms with van der Waals surface area (Å²) in [6.45, 7) is 3.11. The molecule has 0 aliphatic heterocycles. The molecule has 2 rings (SSSR count). The van der Waals surface area contributed by atoms with E-state index < -0.39 is 9.84 Å². The molecule has 118 valence electrons. The molecule has 22 heavy (non-hydrogen) atoms. The van der Waals surface area contributed by atoms with E-state index >= 15 is 0 Å². The zero-order chi connectivity index (χ0) is 16.2. The molecule has 0 unspecified atom stereocenters. The minimum absolute atomic E-state index is 0.0504. The molecule has 0 N–H and O–H groups in total. The number of carbonyl (C=O) groups is 1. The lowest BCUT2D eigenvalue weighted by molar-refractivity contribution is 0.0754. The van der Waals surface area contributed by atoms with E-state index in [0.29, 0.717) is 24.2 Å². The van der Waals surface area contributed by atoms with E-state index in [4.69, 9.17) is 0 Å². The molecule has 0 aliphatic rings. The number of thiophene rings is 1. The lowest BCUT2D eigenvalue weighted by atomic mass is 10.1. The van der Waals surface area contributed by atoms with Gasteiger partial charge in [0.05, 0.1) is 12.3 Å². The second-order valence-electron chi connectivity index (χ2n) is 5.17. The fraction of sp³-hybridized carbons (Fsp3) is 0.312. The van der Waals surface area contributed by atoms with Gasteiger partial charge >= 0.3 is 0 Å². The van der Waals surface area contributed by atoms with Crippen molar-refractivity contribution in [3.63, 3.8) is 0 Å². The minimum atomic E-state index is -3.11. The summed E-state index contributed by atoms with van der Waals surface area (Å²) in [5, 5.41) is 1.99. The number of sulfone groups is 1. The first-order valence-corrected chi connectivity index (χ1v) is 9.91. The van der Waals surface area contributed by atoms with E-state index in [1.807, 2.05) is 24.4 Å². The third-order valence-corrected chi connectivity index (χ3v) is 4.92. The molecule has 0 spiro atoms. The number of amides is 1. The molecule has 0 saturated carbocycles. The molecule has 1 amide bonds. The van der Waals surface area contributed by atoms with Crippen LogP contribution in [-0.2, 0) is 22.1 Å². The molecule has 2 aromatic rings. The Bertz CT molecular complexity index is 737. The largest absolute Gasteiger partial charge is 0.334 e. The Balaban J connectivity index is 2.18. The van der Waals surface area contributed by atoms with Crippen molar-refractivity contribution in [2.24, 2.45) is 0 Å². The molecule has 0 fully saturated rings. The van der Waals surface area contributed by atoms with Gasteiger partial charge in [-0.25, -0.2) is 8.42 Å². The van der Waals surface area contributed by atoms with E-state index in [2.05, 4.69) is 0 Å².